The molecule has 116 valence electrons. The van der Waals surface area contributed by atoms with Gasteiger partial charge in [-0.25, -0.2) is 0 Å². The highest BCUT2D eigenvalue weighted by atomic mass is 16.5. The number of primary amides is 1. The molecule has 2 N–H and O–H groups in total. The van der Waals surface area contributed by atoms with Crippen molar-refractivity contribution in [2.24, 2.45) is 5.73 Å². The van der Waals surface area contributed by atoms with Crippen molar-refractivity contribution in [1.82, 2.24) is 0 Å². The third-order valence-electron chi connectivity index (χ3n) is 2.92. The van der Waals surface area contributed by atoms with Crippen LogP contribution in [0, 0.1) is 11.3 Å². The summed E-state index contributed by atoms with van der Waals surface area (Å²) in [6.45, 7) is 0.789. The number of carbonyl (C=O) groups is 1. The Balaban J connectivity index is 1.90. The number of nitrogens with zero attached hydrogens (tertiary/aromatic N) is 1. The zero-order chi connectivity index (χ0) is 16.5. The van der Waals surface area contributed by atoms with Gasteiger partial charge in [-0.05, 0) is 35.9 Å². The summed E-state index contributed by atoms with van der Waals surface area (Å²) >= 11 is 0. The normalized spacial score (nSPS) is 10.7. The molecule has 0 unspecified atom stereocenters. The summed E-state index contributed by atoms with van der Waals surface area (Å²) in [5, 5.41) is 8.84. The third kappa shape index (κ3) is 5.21. The summed E-state index contributed by atoms with van der Waals surface area (Å²) in [6, 6.07) is 18.3. The minimum absolute atomic E-state index is 0.102. The highest BCUT2D eigenvalue weighted by molar-refractivity contribution is 6.00. The van der Waals surface area contributed by atoms with Crippen LogP contribution in [0.3, 0.4) is 0 Å². The van der Waals surface area contributed by atoms with E-state index in [0.29, 0.717) is 24.5 Å². The molecule has 2 aromatic rings. The van der Waals surface area contributed by atoms with Gasteiger partial charge in [-0.2, -0.15) is 5.26 Å². The average Bonchev–Trinajstić information content (AvgIpc) is 2.57. The molecule has 0 heterocycles. The Morgan fingerprint density at radius 3 is 2.35 bits per heavy atom. The number of carbonyl (C=O) groups excluding carboxylic acids is 1. The number of nitriles is 1. The van der Waals surface area contributed by atoms with Crippen LogP contribution in [-0.4, -0.2) is 19.1 Å². The number of hydrogen-bond acceptors (Lipinski definition) is 4. The molecular weight excluding hydrogens is 292 g/mol. The molecule has 23 heavy (non-hydrogen) atoms. The Labute approximate surface area is 134 Å². The maximum Gasteiger partial charge on any atom is 0.259 e. The molecule has 0 saturated carbocycles. The second kappa shape index (κ2) is 8.25. The maximum atomic E-state index is 11.0. The molecule has 0 aliphatic heterocycles. The number of ether oxygens (including phenoxy) is 2. The van der Waals surface area contributed by atoms with Crippen molar-refractivity contribution in [2.75, 3.05) is 13.2 Å². The summed E-state index contributed by atoms with van der Waals surface area (Å²) in [5.74, 6) is 0.653. The summed E-state index contributed by atoms with van der Waals surface area (Å²) in [4.78, 5) is 11.0. The highest BCUT2D eigenvalue weighted by Gasteiger charge is 2.04. The first-order valence-electron chi connectivity index (χ1n) is 7.01. The van der Waals surface area contributed by atoms with Crippen LogP contribution in [0.5, 0.6) is 11.5 Å². The van der Waals surface area contributed by atoms with Crippen LogP contribution >= 0.6 is 0 Å². The average molecular weight is 308 g/mol. The van der Waals surface area contributed by atoms with Crippen molar-refractivity contribution in [1.29, 1.82) is 5.26 Å². The van der Waals surface area contributed by atoms with E-state index in [0.717, 1.165) is 5.75 Å². The zero-order valence-electron chi connectivity index (χ0n) is 12.4. The number of para-hydroxylation sites is 1. The number of nitrogens with two attached hydrogens (primary N) is 1. The largest absolute Gasteiger partial charge is 0.490 e. The van der Waals surface area contributed by atoms with Gasteiger partial charge in [0.1, 0.15) is 36.4 Å². The van der Waals surface area contributed by atoms with Gasteiger partial charge >= 0.3 is 0 Å². The van der Waals surface area contributed by atoms with Gasteiger partial charge in [0.2, 0.25) is 0 Å². The number of benzene rings is 2. The van der Waals surface area contributed by atoms with Gasteiger partial charge in [-0.15, -0.1) is 0 Å². The molecule has 2 aromatic carbocycles. The lowest BCUT2D eigenvalue weighted by Crippen LogP contribution is -2.12. The highest BCUT2D eigenvalue weighted by Crippen LogP contribution is 2.16. The van der Waals surface area contributed by atoms with Crippen LogP contribution in [0.1, 0.15) is 5.56 Å². The van der Waals surface area contributed by atoms with Gasteiger partial charge in [0.25, 0.3) is 5.91 Å². The summed E-state index contributed by atoms with van der Waals surface area (Å²) in [7, 11) is 0. The fourth-order valence-electron chi connectivity index (χ4n) is 1.86. The fraction of sp³-hybridized carbons (Fsp3) is 0.111. The molecule has 5 heteroatoms. The van der Waals surface area contributed by atoms with E-state index >= 15 is 0 Å². The Kier molecular flexibility index (Phi) is 5.78. The summed E-state index contributed by atoms with van der Waals surface area (Å²) in [5.41, 5.74) is 5.68. The molecule has 0 atom stereocenters. The Morgan fingerprint density at radius 1 is 1.04 bits per heavy atom. The van der Waals surface area contributed by atoms with E-state index in [2.05, 4.69) is 0 Å². The topological polar surface area (TPSA) is 85.3 Å². The molecule has 2 rings (SSSR count). The Bertz CT molecular complexity index is 733. The fourth-order valence-corrected chi connectivity index (χ4v) is 1.86. The molecule has 0 saturated heterocycles. The molecule has 1 amide bonds. The van der Waals surface area contributed by atoms with Crippen LogP contribution < -0.4 is 15.2 Å². The van der Waals surface area contributed by atoms with Gasteiger partial charge in [0, 0.05) is 0 Å². The quantitative estimate of drug-likeness (QED) is 0.484. The van der Waals surface area contributed by atoms with E-state index < -0.39 is 5.91 Å². The number of rotatable bonds is 7. The molecule has 0 radical (unpaired) electrons. The van der Waals surface area contributed by atoms with E-state index in [1.54, 1.807) is 30.3 Å². The van der Waals surface area contributed by atoms with E-state index in [1.165, 1.54) is 6.08 Å². The van der Waals surface area contributed by atoms with E-state index in [4.69, 9.17) is 20.5 Å². The summed E-state index contributed by atoms with van der Waals surface area (Å²) in [6.07, 6.45) is 1.43. The van der Waals surface area contributed by atoms with Crippen molar-refractivity contribution in [3.63, 3.8) is 0 Å². The first-order valence-corrected chi connectivity index (χ1v) is 7.01. The second-order valence-corrected chi connectivity index (χ2v) is 4.62. The van der Waals surface area contributed by atoms with E-state index in [9.17, 15) is 4.79 Å². The minimum atomic E-state index is -0.755. The first-order chi connectivity index (χ1) is 11.2. The van der Waals surface area contributed by atoms with Gasteiger partial charge in [0.05, 0.1) is 0 Å². The predicted octanol–water partition coefficient (Wildman–Crippen LogP) is 2.54. The molecule has 0 spiro atoms. The SMILES string of the molecule is N#C/C(=C\c1cccc(OCCOc2ccccc2)c1)C(N)=O. The molecule has 0 aromatic heterocycles. The van der Waals surface area contributed by atoms with Crippen LogP contribution in [0.15, 0.2) is 60.2 Å². The van der Waals surface area contributed by atoms with Crippen molar-refractivity contribution in [3.05, 3.63) is 65.7 Å². The molecule has 0 fully saturated rings. The van der Waals surface area contributed by atoms with Crippen LogP contribution in [-0.2, 0) is 4.79 Å². The second-order valence-electron chi connectivity index (χ2n) is 4.62. The molecule has 0 aliphatic carbocycles. The van der Waals surface area contributed by atoms with Gasteiger partial charge < -0.3 is 15.2 Å². The Morgan fingerprint density at radius 2 is 1.70 bits per heavy atom. The lowest BCUT2D eigenvalue weighted by molar-refractivity contribution is -0.114. The van der Waals surface area contributed by atoms with Crippen molar-refractivity contribution >= 4 is 12.0 Å². The standard InChI is InChI=1S/C18H16N2O3/c19-13-15(18(20)21)11-14-5-4-8-17(12-14)23-10-9-22-16-6-2-1-3-7-16/h1-8,11-12H,9-10H2,(H2,20,21)/b15-11+. The lowest BCUT2D eigenvalue weighted by Gasteiger charge is -2.08. The number of hydrogen-bond donors (Lipinski definition) is 1. The van der Waals surface area contributed by atoms with Gasteiger partial charge in [0.15, 0.2) is 0 Å². The molecular formula is C18H16N2O3. The van der Waals surface area contributed by atoms with E-state index in [-0.39, 0.29) is 5.57 Å². The minimum Gasteiger partial charge on any atom is -0.490 e. The van der Waals surface area contributed by atoms with Crippen molar-refractivity contribution in [2.45, 2.75) is 0 Å². The first kappa shape index (κ1) is 16.1. The molecule has 0 aliphatic rings. The maximum absolute atomic E-state index is 11.0. The van der Waals surface area contributed by atoms with Crippen LogP contribution in [0.2, 0.25) is 0 Å². The third-order valence-corrected chi connectivity index (χ3v) is 2.92. The molecule has 0 bridgehead atoms. The zero-order valence-corrected chi connectivity index (χ0v) is 12.4. The van der Waals surface area contributed by atoms with Crippen molar-refractivity contribution in [3.8, 4) is 17.6 Å². The smallest absolute Gasteiger partial charge is 0.259 e. The number of amides is 1. The van der Waals surface area contributed by atoms with Gasteiger partial charge in [-0.1, -0.05) is 30.3 Å². The summed E-state index contributed by atoms with van der Waals surface area (Å²) < 4.78 is 11.1. The van der Waals surface area contributed by atoms with Crippen LogP contribution in [0.25, 0.3) is 6.08 Å². The monoisotopic (exact) mass is 308 g/mol. The predicted molar refractivity (Wildman–Crippen MR) is 86.7 cm³/mol. The van der Waals surface area contributed by atoms with E-state index in [1.807, 2.05) is 30.3 Å². The van der Waals surface area contributed by atoms with Gasteiger partial charge in [-0.3, -0.25) is 4.79 Å². The lowest BCUT2D eigenvalue weighted by atomic mass is 10.1. The molecule has 5 nitrogen and oxygen atoms in total. The Hall–Kier alpha value is -3.26. The van der Waals surface area contributed by atoms with Crippen LogP contribution in [0.4, 0.5) is 0 Å². The van der Waals surface area contributed by atoms with Crippen molar-refractivity contribution < 1.29 is 14.3 Å².